The number of rotatable bonds is 4. The average molecular weight is 314 g/mol. The number of ether oxygens (including phenoxy) is 1. The van der Waals surface area contributed by atoms with Gasteiger partial charge in [-0.15, -0.1) is 0 Å². The summed E-state index contributed by atoms with van der Waals surface area (Å²) in [5.41, 5.74) is 5.38. The lowest BCUT2D eigenvalue weighted by molar-refractivity contribution is 0.0696. The maximum Gasteiger partial charge on any atom is 0.426 e. The van der Waals surface area contributed by atoms with Crippen molar-refractivity contribution in [2.75, 3.05) is 0 Å². The normalized spacial score (nSPS) is 9.74. The number of carboxylic acid groups (broad SMARTS) is 1. The van der Waals surface area contributed by atoms with E-state index in [1.54, 1.807) is 12.1 Å². The monoisotopic (exact) mass is 314 g/mol. The summed E-state index contributed by atoms with van der Waals surface area (Å²) in [6.45, 7) is 0.0792. The van der Waals surface area contributed by atoms with Crippen LogP contribution < -0.4 is 10.9 Å². The highest BCUT2D eigenvalue weighted by atomic mass is 16.6. The summed E-state index contributed by atoms with van der Waals surface area (Å²) in [7, 11) is 0. The zero-order chi connectivity index (χ0) is 16.7. The Morgan fingerprint density at radius 1 is 0.870 bits per heavy atom. The molecule has 0 aliphatic heterocycles. The maximum absolute atomic E-state index is 11.8. The number of benzene rings is 2. The van der Waals surface area contributed by atoms with Crippen molar-refractivity contribution in [3.05, 3.63) is 71.3 Å². The van der Waals surface area contributed by atoms with Crippen LogP contribution in [-0.4, -0.2) is 23.1 Å². The van der Waals surface area contributed by atoms with E-state index in [1.807, 2.05) is 18.2 Å². The zero-order valence-electron chi connectivity index (χ0n) is 12.0. The molecule has 0 aromatic heterocycles. The number of carbonyl (C=O) groups excluding carboxylic acids is 2. The van der Waals surface area contributed by atoms with Gasteiger partial charge in [0.25, 0.3) is 5.91 Å². The van der Waals surface area contributed by atoms with Gasteiger partial charge in [0, 0.05) is 5.56 Å². The van der Waals surface area contributed by atoms with Gasteiger partial charge in [-0.2, -0.15) is 0 Å². The van der Waals surface area contributed by atoms with Crippen molar-refractivity contribution in [2.45, 2.75) is 6.61 Å². The quantitative estimate of drug-likeness (QED) is 0.748. The molecule has 0 aliphatic rings. The lowest BCUT2D eigenvalue weighted by atomic mass is 10.1. The summed E-state index contributed by atoms with van der Waals surface area (Å²) in [4.78, 5) is 34.0. The first-order chi connectivity index (χ1) is 11.1. The third kappa shape index (κ3) is 4.85. The first-order valence-electron chi connectivity index (χ1n) is 6.66. The summed E-state index contributed by atoms with van der Waals surface area (Å²) in [5, 5.41) is 8.77. The fourth-order valence-electron chi connectivity index (χ4n) is 1.70. The van der Waals surface area contributed by atoms with Gasteiger partial charge in [-0.3, -0.25) is 10.2 Å². The summed E-state index contributed by atoms with van der Waals surface area (Å²) < 4.78 is 4.92. The first-order valence-corrected chi connectivity index (χ1v) is 6.66. The van der Waals surface area contributed by atoms with Crippen LogP contribution in [0.4, 0.5) is 4.79 Å². The van der Waals surface area contributed by atoms with Crippen LogP contribution in [0.3, 0.4) is 0 Å². The molecule has 0 saturated heterocycles. The average Bonchev–Trinajstić information content (AvgIpc) is 2.58. The Kier molecular flexibility index (Phi) is 5.30. The largest absolute Gasteiger partial charge is 0.478 e. The molecule has 0 heterocycles. The zero-order valence-corrected chi connectivity index (χ0v) is 12.0. The number of nitrogens with one attached hydrogen (secondary N) is 2. The van der Waals surface area contributed by atoms with E-state index in [1.165, 1.54) is 24.3 Å². The van der Waals surface area contributed by atoms with E-state index >= 15 is 0 Å². The van der Waals surface area contributed by atoms with Crippen LogP contribution >= 0.6 is 0 Å². The van der Waals surface area contributed by atoms with Gasteiger partial charge in [-0.05, 0) is 29.8 Å². The van der Waals surface area contributed by atoms with Crippen molar-refractivity contribution in [1.82, 2.24) is 10.9 Å². The van der Waals surface area contributed by atoms with Crippen LogP contribution in [0.25, 0.3) is 0 Å². The van der Waals surface area contributed by atoms with Gasteiger partial charge in [0.05, 0.1) is 5.56 Å². The second-order valence-corrected chi connectivity index (χ2v) is 4.52. The molecule has 23 heavy (non-hydrogen) atoms. The second-order valence-electron chi connectivity index (χ2n) is 4.52. The van der Waals surface area contributed by atoms with E-state index < -0.39 is 18.0 Å². The lowest BCUT2D eigenvalue weighted by Crippen LogP contribution is -2.41. The minimum atomic E-state index is -1.08. The van der Waals surface area contributed by atoms with Crippen LogP contribution in [0.1, 0.15) is 26.3 Å². The van der Waals surface area contributed by atoms with Crippen molar-refractivity contribution in [3.63, 3.8) is 0 Å². The Hall–Kier alpha value is -3.35. The second kappa shape index (κ2) is 7.60. The molecular formula is C16H14N2O5. The minimum absolute atomic E-state index is 0.0665. The van der Waals surface area contributed by atoms with E-state index in [0.29, 0.717) is 0 Å². The number of aromatic carboxylic acids is 1. The number of amides is 2. The molecule has 0 aliphatic carbocycles. The molecule has 0 fully saturated rings. The van der Waals surface area contributed by atoms with Crippen molar-refractivity contribution in [1.29, 1.82) is 0 Å². The van der Waals surface area contributed by atoms with E-state index in [-0.39, 0.29) is 17.7 Å². The molecule has 2 aromatic carbocycles. The molecule has 0 bridgehead atoms. The fourth-order valence-corrected chi connectivity index (χ4v) is 1.70. The van der Waals surface area contributed by atoms with Crippen LogP contribution in [0.2, 0.25) is 0 Å². The summed E-state index contributed by atoms with van der Waals surface area (Å²) >= 11 is 0. The standard InChI is InChI=1S/C16H14N2O5/c19-14(12-6-8-13(9-7-12)15(20)21)17-18-16(22)23-10-11-4-2-1-3-5-11/h1-9H,10H2,(H,17,19)(H,18,22)(H,20,21). The number of carbonyl (C=O) groups is 3. The highest BCUT2D eigenvalue weighted by molar-refractivity contribution is 5.96. The maximum atomic E-state index is 11.8. The van der Waals surface area contributed by atoms with Crippen molar-refractivity contribution < 1.29 is 24.2 Å². The van der Waals surface area contributed by atoms with Crippen LogP contribution in [0.15, 0.2) is 54.6 Å². The predicted molar refractivity (Wildman–Crippen MR) is 80.6 cm³/mol. The topological polar surface area (TPSA) is 105 Å². The van der Waals surface area contributed by atoms with Crippen molar-refractivity contribution in [2.24, 2.45) is 0 Å². The van der Waals surface area contributed by atoms with Crippen LogP contribution in [0, 0.1) is 0 Å². The molecule has 0 spiro atoms. The minimum Gasteiger partial charge on any atom is -0.478 e. The van der Waals surface area contributed by atoms with Gasteiger partial charge in [0.2, 0.25) is 0 Å². The molecule has 7 heteroatoms. The number of hydrogen-bond donors (Lipinski definition) is 3. The lowest BCUT2D eigenvalue weighted by Gasteiger charge is -2.08. The highest BCUT2D eigenvalue weighted by Gasteiger charge is 2.09. The van der Waals surface area contributed by atoms with E-state index in [0.717, 1.165) is 5.56 Å². The van der Waals surface area contributed by atoms with Crippen molar-refractivity contribution >= 4 is 18.0 Å². The Labute approximate surface area is 131 Å². The van der Waals surface area contributed by atoms with Gasteiger partial charge in [-0.25, -0.2) is 15.0 Å². The first kappa shape index (κ1) is 16.0. The molecule has 2 aromatic rings. The van der Waals surface area contributed by atoms with Crippen LogP contribution in [0.5, 0.6) is 0 Å². The SMILES string of the molecule is O=C(NNC(=O)c1ccc(C(=O)O)cc1)OCc1ccccc1. The van der Waals surface area contributed by atoms with Gasteiger partial charge in [0.1, 0.15) is 6.61 Å². The Balaban J connectivity index is 1.79. The molecule has 0 saturated carbocycles. The molecule has 0 atom stereocenters. The fraction of sp³-hybridized carbons (Fsp3) is 0.0625. The Morgan fingerprint density at radius 2 is 1.48 bits per heavy atom. The van der Waals surface area contributed by atoms with E-state index in [9.17, 15) is 14.4 Å². The van der Waals surface area contributed by atoms with E-state index in [2.05, 4.69) is 10.9 Å². The summed E-state index contributed by atoms with van der Waals surface area (Å²) in [6.07, 6.45) is -0.802. The molecule has 2 rings (SSSR count). The summed E-state index contributed by atoms with van der Waals surface area (Å²) in [5.74, 6) is -1.67. The smallest absolute Gasteiger partial charge is 0.426 e. The van der Waals surface area contributed by atoms with E-state index in [4.69, 9.17) is 9.84 Å². The van der Waals surface area contributed by atoms with Gasteiger partial charge >= 0.3 is 12.1 Å². The predicted octanol–water partition coefficient (Wildman–Crippen LogP) is 1.96. The Bertz CT molecular complexity index is 698. The molecule has 0 radical (unpaired) electrons. The number of carboxylic acids is 1. The molecule has 0 unspecified atom stereocenters. The Morgan fingerprint density at radius 3 is 2.09 bits per heavy atom. The molecule has 3 N–H and O–H groups in total. The van der Waals surface area contributed by atoms with Gasteiger partial charge in [0.15, 0.2) is 0 Å². The molecular weight excluding hydrogens is 300 g/mol. The third-order valence-electron chi connectivity index (χ3n) is 2.88. The van der Waals surface area contributed by atoms with Crippen LogP contribution in [-0.2, 0) is 11.3 Å². The third-order valence-corrected chi connectivity index (χ3v) is 2.88. The number of hydrazine groups is 1. The molecule has 7 nitrogen and oxygen atoms in total. The van der Waals surface area contributed by atoms with Gasteiger partial charge in [-0.1, -0.05) is 30.3 Å². The molecule has 2 amide bonds. The van der Waals surface area contributed by atoms with Gasteiger partial charge < -0.3 is 9.84 Å². The summed E-state index contributed by atoms with van der Waals surface area (Å²) in [6, 6.07) is 14.4. The number of hydrogen-bond acceptors (Lipinski definition) is 4. The molecule has 118 valence electrons. The van der Waals surface area contributed by atoms with Crippen molar-refractivity contribution in [3.8, 4) is 0 Å². The highest BCUT2D eigenvalue weighted by Crippen LogP contribution is 2.04.